The van der Waals surface area contributed by atoms with Crippen LogP contribution in [0, 0.1) is 17.1 Å². The Bertz CT molecular complexity index is 632. The van der Waals surface area contributed by atoms with E-state index in [9.17, 15) is 9.50 Å². The third kappa shape index (κ3) is 2.25. The molecule has 2 aromatic carbocycles. The number of aromatic hydroxyl groups is 1. The fourth-order valence-corrected chi connectivity index (χ4v) is 1.68. The van der Waals surface area contributed by atoms with Crippen LogP contribution in [0.3, 0.4) is 0 Å². The van der Waals surface area contributed by atoms with Crippen LogP contribution in [0.25, 0.3) is 11.1 Å². The van der Waals surface area contributed by atoms with Gasteiger partial charge in [0.1, 0.15) is 17.3 Å². The van der Waals surface area contributed by atoms with Crippen molar-refractivity contribution >= 4 is 0 Å². The van der Waals surface area contributed by atoms with Crippen molar-refractivity contribution in [1.82, 2.24) is 0 Å². The van der Waals surface area contributed by atoms with Crippen LogP contribution in [0.5, 0.6) is 11.5 Å². The van der Waals surface area contributed by atoms with E-state index in [-0.39, 0.29) is 11.3 Å². The van der Waals surface area contributed by atoms with Crippen LogP contribution in [0.4, 0.5) is 4.39 Å². The first kappa shape index (κ1) is 11.9. The van der Waals surface area contributed by atoms with Gasteiger partial charge in [-0.1, -0.05) is 0 Å². The van der Waals surface area contributed by atoms with Crippen LogP contribution < -0.4 is 4.74 Å². The predicted molar refractivity (Wildman–Crippen MR) is 64.8 cm³/mol. The van der Waals surface area contributed by atoms with Gasteiger partial charge in [-0.3, -0.25) is 0 Å². The molecule has 0 saturated heterocycles. The Morgan fingerprint density at radius 2 is 2.00 bits per heavy atom. The minimum Gasteiger partial charge on any atom is -0.507 e. The smallest absolute Gasteiger partial charge is 0.125 e. The summed E-state index contributed by atoms with van der Waals surface area (Å²) in [5.41, 5.74) is 1.06. The van der Waals surface area contributed by atoms with Crippen molar-refractivity contribution in [3.63, 3.8) is 0 Å². The fraction of sp³-hybridized carbons (Fsp3) is 0.0714. The second-order valence-corrected chi connectivity index (χ2v) is 3.72. The maximum atomic E-state index is 13.4. The lowest BCUT2D eigenvalue weighted by molar-refractivity contribution is 0.412. The summed E-state index contributed by atoms with van der Waals surface area (Å²) in [4.78, 5) is 0. The summed E-state index contributed by atoms with van der Waals surface area (Å²) in [6.45, 7) is 0. The van der Waals surface area contributed by atoms with Crippen molar-refractivity contribution in [3.05, 3.63) is 47.8 Å². The summed E-state index contributed by atoms with van der Waals surface area (Å²) in [5.74, 6) is 0.0297. The molecule has 0 heterocycles. The normalized spacial score (nSPS) is 9.83. The molecule has 0 aromatic heterocycles. The molecule has 3 nitrogen and oxygen atoms in total. The number of hydrogen-bond donors (Lipinski definition) is 1. The lowest BCUT2D eigenvalue weighted by Gasteiger charge is -2.08. The molecule has 0 saturated carbocycles. The van der Waals surface area contributed by atoms with Crippen LogP contribution in [-0.2, 0) is 0 Å². The van der Waals surface area contributed by atoms with Gasteiger partial charge in [-0.25, -0.2) is 4.39 Å². The van der Waals surface area contributed by atoms with E-state index in [4.69, 9.17) is 10.00 Å². The molecule has 1 N–H and O–H groups in total. The average Bonchev–Trinajstić information content (AvgIpc) is 2.38. The zero-order valence-electron chi connectivity index (χ0n) is 9.64. The van der Waals surface area contributed by atoms with E-state index in [0.29, 0.717) is 16.9 Å². The highest BCUT2D eigenvalue weighted by molar-refractivity contribution is 5.72. The van der Waals surface area contributed by atoms with Gasteiger partial charge in [0, 0.05) is 5.56 Å². The largest absolute Gasteiger partial charge is 0.507 e. The van der Waals surface area contributed by atoms with Gasteiger partial charge in [0.25, 0.3) is 0 Å². The van der Waals surface area contributed by atoms with Crippen molar-refractivity contribution in [2.45, 2.75) is 0 Å². The van der Waals surface area contributed by atoms with E-state index >= 15 is 0 Å². The Morgan fingerprint density at radius 1 is 1.22 bits per heavy atom. The molecule has 90 valence electrons. The second-order valence-electron chi connectivity index (χ2n) is 3.72. The number of halogens is 1. The number of nitrogens with zero attached hydrogens (tertiary/aromatic N) is 1. The van der Waals surface area contributed by atoms with Crippen molar-refractivity contribution in [1.29, 1.82) is 5.26 Å². The summed E-state index contributed by atoms with van der Waals surface area (Å²) in [6.07, 6.45) is 0. The van der Waals surface area contributed by atoms with Crippen LogP contribution in [-0.4, -0.2) is 12.2 Å². The van der Waals surface area contributed by atoms with Gasteiger partial charge in [0.05, 0.1) is 18.7 Å². The molecule has 0 unspecified atom stereocenters. The van der Waals surface area contributed by atoms with E-state index in [2.05, 4.69) is 0 Å². The second kappa shape index (κ2) is 4.76. The molecule has 0 bridgehead atoms. The summed E-state index contributed by atoms with van der Waals surface area (Å²) in [6, 6.07) is 10.4. The Hall–Kier alpha value is -2.54. The quantitative estimate of drug-likeness (QED) is 0.881. The van der Waals surface area contributed by atoms with E-state index in [1.165, 1.54) is 25.3 Å². The monoisotopic (exact) mass is 243 g/mol. The first-order valence-electron chi connectivity index (χ1n) is 5.22. The molecular weight excluding hydrogens is 233 g/mol. The van der Waals surface area contributed by atoms with Gasteiger partial charge in [-0.15, -0.1) is 0 Å². The highest BCUT2D eigenvalue weighted by Crippen LogP contribution is 2.33. The highest BCUT2D eigenvalue weighted by atomic mass is 19.1. The molecule has 0 atom stereocenters. The van der Waals surface area contributed by atoms with Gasteiger partial charge >= 0.3 is 0 Å². The van der Waals surface area contributed by atoms with Gasteiger partial charge in [0.15, 0.2) is 0 Å². The molecule has 0 amide bonds. The number of nitriles is 1. The van der Waals surface area contributed by atoms with Crippen molar-refractivity contribution in [3.8, 4) is 28.7 Å². The minimum absolute atomic E-state index is 0.00490. The molecule has 0 radical (unpaired) electrons. The molecular formula is C14H10FNO2. The highest BCUT2D eigenvalue weighted by Gasteiger charge is 2.09. The van der Waals surface area contributed by atoms with E-state index in [1.54, 1.807) is 12.1 Å². The Labute approximate surface area is 104 Å². The molecule has 0 spiro atoms. The molecule has 0 aliphatic rings. The van der Waals surface area contributed by atoms with Gasteiger partial charge in [-0.2, -0.15) is 5.26 Å². The Balaban J connectivity index is 2.61. The standard InChI is InChI=1S/C14H10FNO2/c1-18-12-2-3-14(17)13(7-12)10-4-9(8-16)5-11(15)6-10/h2-7,17H,1H3. The van der Waals surface area contributed by atoms with Crippen molar-refractivity contribution < 1.29 is 14.2 Å². The van der Waals surface area contributed by atoms with E-state index in [0.717, 1.165) is 6.07 Å². The van der Waals surface area contributed by atoms with Crippen LogP contribution in [0.1, 0.15) is 5.56 Å². The molecule has 4 heteroatoms. The van der Waals surface area contributed by atoms with Crippen molar-refractivity contribution in [2.24, 2.45) is 0 Å². The predicted octanol–water partition coefficient (Wildman–Crippen LogP) is 3.08. The lowest BCUT2D eigenvalue weighted by Crippen LogP contribution is -1.87. The Morgan fingerprint density at radius 3 is 2.67 bits per heavy atom. The summed E-state index contributed by atoms with van der Waals surface area (Å²) < 4.78 is 18.4. The first-order chi connectivity index (χ1) is 8.63. The number of hydrogen-bond acceptors (Lipinski definition) is 3. The van der Waals surface area contributed by atoms with Gasteiger partial charge in [0.2, 0.25) is 0 Å². The first-order valence-corrected chi connectivity index (χ1v) is 5.22. The third-order valence-corrected chi connectivity index (χ3v) is 2.54. The number of benzene rings is 2. The molecule has 0 aliphatic carbocycles. The number of phenols is 1. The third-order valence-electron chi connectivity index (χ3n) is 2.54. The van der Waals surface area contributed by atoms with Crippen LogP contribution in [0.15, 0.2) is 36.4 Å². The van der Waals surface area contributed by atoms with Gasteiger partial charge in [-0.05, 0) is 42.0 Å². The summed E-state index contributed by atoms with van der Waals surface area (Å²) in [5, 5.41) is 18.6. The maximum Gasteiger partial charge on any atom is 0.125 e. The molecule has 18 heavy (non-hydrogen) atoms. The fourth-order valence-electron chi connectivity index (χ4n) is 1.68. The average molecular weight is 243 g/mol. The molecule has 2 rings (SSSR count). The summed E-state index contributed by atoms with van der Waals surface area (Å²) in [7, 11) is 1.50. The number of methoxy groups -OCH3 is 1. The van der Waals surface area contributed by atoms with Crippen LogP contribution in [0.2, 0.25) is 0 Å². The molecule has 2 aromatic rings. The van der Waals surface area contributed by atoms with Crippen molar-refractivity contribution in [2.75, 3.05) is 7.11 Å². The lowest BCUT2D eigenvalue weighted by atomic mass is 10.0. The van der Waals surface area contributed by atoms with Gasteiger partial charge < -0.3 is 9.84 Å². The van der Waals surface area contributed by atoms with E-state index in [1.807, 2.05) is 6.07 Å². The molecule has 0 aliphatic heterocycles. The zero-order chi connectivity index (χ0) is 13.1. The Kier molecular flexibility index (Phi) is 3.16. The number of rotatable bonds is 2. The summed E-state index contributed by atoms with van der Waals surface area (Å²) >= 11 is 0. The minimum atomic E-state index is -0.522. The number of phenolic OH excluding ortho intramolecular Hbond substituents is 1. The zero-order valence-corrected chi connectivity index (χ0v) is 9.64. The SMILES string of the molecule is COc1ccc(O)c(-c2cc(F)cc(C#N)c2)c1. The topological polar surface area (TPSA) is 53.2 Å². The molecule has 0 fully saturated rings. The maximum absolute atomic E-state index is 13.4. The number of ether oxygens (including phenoxy) is 1. The van der Waals surface area contributed by atoms with Crippen LogP contribution >= 0.6 is 0 Å². The van der Waals surface area contributed by atoms with E-state index < -0.39 is 5.82 Å².